The van der Waals surface area contributed by atoms with Crippen LogP contribution in [0.15, 0.2) is 6.20 Å². The Morgan fingerprint density at radius 2 is 2.17 bits per heavy atom. The van der Waals surface area contributed by atoms with Crippen molar-refractivity contribution >= 4 is 11.7 Å². The van der Waals surface area contributed by atoms with Crippen LogP contribution in [-0.2, 0) is 4.74 Å². The maximum absolute atomic E-state index is 11.2. The first-order valence-electron chi connectivity index (χ1n) is 5.81. The molecule has 1 atom stereocenters. The summed E-state index contributed by atoms with van der Waals surface area (Å²) in [4.78, 5) is 19.4. The zero-order chi connectivity index (χ0) is 13.7. The Morgan fingerprint density at radius 3 is 2.67 bits per heavy atom. The molecular weight excluding hydrogens is 234 g/mol. The van der Waals surface area contributed by atoms with Crippen LogP contribution in [0.2, 0.25) is 0 Å². The average molecular weight is 253 g/mol. The van der Waals surface area contributed by atoms with Crippen molar-refractivity contribution in [2.45, 2.75) is 32.7 Å². The van der Waals surface area contributed by atoms with Crippen molar-refractivity contribution in [2.24, 2.45) is 0 Å². The molecule has 1 rings (SSSR count). The van der Waals surface area contributed by atoms with Crippen molar-refractivity contribution in [3.8, 4) is 0 Å². The quantitative estimate of drug-likeness (QED) is 0.803. The average Bonchev–Trinajstić information content (AvgIpc) is 2.29. The number of nitrogens with one attached hydrogen (secondary N) is 1. The summed E-state index contributed by atoms with van der Waals surface area (Å²) in [6.45, 7) is 6.21. The molecule has 0 spiro atoms. The van der Waals surface area contributed by atoms with E-state index in [2.05, 4.69) is 15.3 Å². The van der Waals surface area contributed by atoms with Crippen molar-refractivity contribution in [1.82, 2.24) is 9.97 Å². The smallest absolute Gasteiger partial charge is 0.356 e. The van der Waals surface area contributed by atoms with Crippen molar-refractivity contribution in [3.63, 3.8) is 0 Å². The molecule has 0 aromatic carbocycles. The lowest BCUT2D eigenvalue weighted by molar-refractivity contribution is 0.0691. The van der Waals surface area contributed by atoms with Crippen molar-refractivity contribution in [1.29, 1.82) is 0 Å². The van der Waals surface area contributed by atoms with Crippen LogP contribution in [0.4, 0.5) is 5.69 Å². The molecule has 1 aromatic rings. The van der Waals surface area contributed by atoms with E-state index in [0.29, 0.717) is 18.1 Å². The van der Waals surface area contributed by atoms with E-state index in [0.717, 1.165) is 0 Å². The second-order valence-electron chi connectivity index (χ2n) is 4.45. The normalized spacial score (nSPS) is 12.5. The van der Waals surface area contributed by atoms with Gasteiger partial charge in [-0.25, -0.2) is 14.8 Å². The summed E-state index contributed by atoms with van der Waals surface area (Å²) in [7, 11) is 1.59. The summed E-state index contributed by atoms with van der Waals surface area (Å²) in [5, 5.41) is 12.2. The molecule has 0 aliphatic carbocycles. The second kappa shape index (κ2) is 6.30. The number of nitrogens with zero attached hydrogens (tertiary/aromatic N) is 2. The van der Waals surface area contributed by atoms with Gasteiger partial charge in [0, 0.05) is 19.1 Å². The molecule has 0 radical (unpaired) electrons. The summed E-state index contributed by atoms with van der Waals surface area (Å²) in [6, 6.07) is -0.0124. The van der Waals surface area contributed by atoms with Gasteiger partial charge in [0.15, 0.2) is 5.69 Å². The van der Waals surface area contributed by atoms with E-state index < -0.39 is 5.97 Å². The molecule has 100 valence electrons. The maximum atomic E-state index is 11.2. The highest BCUT2D eigenvalue weighted by Crippen LogP contribution is 2.17. The van der Waals surface area contributed by atoms with E-state index in [-0.39, 0.29) is 17.7 Å². The number of carboxylic acids is 1. The number of anilines is 1. The number of ether oxygens (including phenoxy) is 1. The number of carbonyl (C=O) groups is 1. The van der Waals surface area contributed by atoms with Gasteiger partial charge in [-0.15, -0.1) is 0 Å². The minimum atomic E-state index is -1.06. The minimum Gasteiger partial charge on any atom is -0.476 e. The number of hydrogen-bond donors (Lipinski definition) is 2. The Labute approximate surface area is 106 Å². The summed E-state index contributed by atoms with van der Waals surface area (Å²) in [5.41, 5.74) is 0.410. The Kier molecular flexibility index (Phi) is 5.03. The van der Waals surface area contributed by atoms with Gasteiger partial charge in [0.25, 0.3) is 0 Å². The molecule has 0 aliphatic heterocycles. The minimum absolute atomic E-state index is 0.00310. The fourth-order valence-electron chi connectivity index (χ4n) is 1.50. The lowest BCUT2D eigenvalue weighted by Crippen LogP contribution is -2.23. The molecule has 1 heterocycles. The molecule has 0 amide bonds. The predicted octanol–water partition coefficient (Wildman–Crippen LogP) is 1.75. The molecule has 0 fully saturated rings. The number of carboxylic acid groups (broad SMARTS) is 1. The first kappa shape index (κ1) is 14.4. The van der Waals surface area contributed by atoms with Crippen LogP contribution in [0.25, 0.3) is 0 Å². The standard InChI is InChI=1S/C12H19N3O3/c1-7(2)11-13-5-9(10(15-11)12(16)17)14-8(3)6-18-4/h5,7-8,14H,6H2,1-4H3,(H,16,17). The third-order valence-electron chi connectivity index (χ3n) is 2.34. The Morgan fingerprint density at radius 1 is 1.50 bits per heavy atom. The van der Waals surface area contributed by atoms with Gasteiger partial charge < -0.3 is 15.2 Å². The molecular formula is C12H19N3O3. The maximum Gasteiger partial charge on any atom is 0.356 e. The van der Waals surface area contributed by atoms with E-state index >= 15 is 0 Å². The molecule has 6 nitrogen and oxygen atoms in total. The van der Waals surface area contributed by atoms with Gasteiger partial charge in [-0.3, -0.25) is 0 Å². The SMILES string of the molecule is COCC(C)Nc1cnc(C(C)C)nc1C(=O)O. The van der Waals surface area contributed by atoms with Crippen LogP contribution < -0.4 is 5.32 Å². The Bertz CT molecular complexity index is 421. The first-order valence-corrected chi connectivity index (χ1v) is 5.81. The van der Waals surface area contributed by atoms with Gasteiger partial charge in [-0.05, 0) is 6.92 Å². The Hall–Kier alpha value is -1.69. The van der Waals surface area contributed by atoms with E-state index in [1.54, 1.807) is 7.11 Å². The zero-order valence-electron chi connectivity index (χ0n) is 11.1. The number of rotatable bonds is 6. The fraction of sp³-hybridized carbons (Fsp3) is 0.583. The first-order chi connectivity index (χ1) is 8.45. The molecule has 0 saturated carbocycles. The number of methoxy groups -OCH3 is 1. The van der Waals surface area contributed by atoms with Crippen molar-refractivity contribution < 1.29 is 14.6 Å². The summed E-state index contributed by atoms with van der Waals surface area (Å²) in [6.07, 6.45) is 1.51. The van der Waals surface area contributed by atoms with Crippen LogP contribution in [0.5, 0.6) is 0 Å². The summed E-state index contributed by atoms with van der Waals surface area (Å²) < 4.78 is 4.99. The lowest BCUT2D eigenvalue weighted by atomic mass is 10.2. The lowest BCUT2D eigenvalue weighted by Gasteiger charge is -2.16. The fourth-order valence-corrected chi connectivity index (χ4v) is 1.50. The van der Waals surface area contributed by atoms with E-state index in [1.807, 2.05) is 20.8 Å². The topological polar surface area (TPSA) is 84.3 Å². The predicted molar refractivity (Wildman–Crippen MR) is 68.0 cm³/mol. The third kappa shape index (κ3) is 3.66. The van der Waals surface area contributed by atoms with E-state index in [9.17, 15) is 4.79 Å². The van der Waals surface area contributed by atoms with Crippen molar-refractivity contribution in [3.05, 3.63) is 17.7 Å². The molecule has 1 aromatic heterocycles. The molecule has 0 saturated heterocycles. The zero-order valence-corrected chi connectivity index (χ0v) is 11.1. The van der Waals surface area contributed by atoms with Gasteiger partial charge in [0.2, 0.25) is 0 Å². The van der Waals surface area contributed by atoms with E-state index in [4.69, 9.17) is 9.84 Å². The highest BCUT2D eigenvalue weighted by molar-refractivity contribution is 5.91. The highest BCUT2D eigenvalue weighted by atomic mass is 16.5. The number of hydrogen-bond acceptors (Lipinski definition) is 5. The van der Waals surface area contributed by atoms with Crippen LogP contribution in [0.3, 0.4) is 0 Å². The molecule has 0 aliphatic rings. The van der Waals surface area contributed by atoms with Gasteiger partial charge in [-0.1, -0.05) is 13.8 Å². The summed E-state index contributed by atoms with van der Waals surface area (Å²) >= 11 is 0. The van der Waals surface area contributed by atoms with Crippen LogP contribution in [0.1, 0.15) is 43.0 Å². The van der Waals surface area contributed by atoms with Crippen LogP contribution in [-0.4, -0.2) is 40.8 Å². The Balaban J connectivity index is 3.00. The van der Waals surface area contributed by atoms with Gasteiger partial charge in [0.1, 0.15) is 5.82 Å². The third-order valence-corrected chi connectivity index (χ3v) is 2.34. The molecule has 2 N–H and O–H groups in total. The molecule has 18 heavy (non-hydrogen) atoms. The molecule has 1 unspecified atom stereocenters. The monoisotopic (exact) mass is 253 g/mol. The van der Waals surface area contributed by atoms with Gasteiger partial charge in [-0.2, -0.15) is 0 Å². The van der Waals surface area contributed by atoms with Crippen LogP contribution in [0, 0.1) is 0 Å². The molecule has 0 bridgehead atoms. The van der Waals surface area contributed by atoms with Crippen LogP contribution >= 0.6 is 0 Å². The van der Waals surface area contributed by atoms with E-state index in [1.165, 1.54) is 6.20 Å². The largest absolute Gasteiger partial charge is 0.476 e. The second-order valence-corrected chi connectivity index (χ2v) is 4.45. The molecule has 6 heteroatoms. The number of aromatic nitrogens is 2. The van der Waals surface area contributed by atoms with Crippen molar-refractivity contribution in [2.75, 3.05) is 19.0 Å². The van der Waals surface area contributed by atoms with Gasteiger partial charge in [0.05, 0.1) is 18.5 Å². The highest BCUT2D eigenvalue weighted by Gasteiger charge is 2.16. The summed E-state index contributed by atoms with van der Waals surface area (Å²) in [5.74, 6) is -0.447. The number of aromatic carboxylic acids is 1. The van der Waals surface area contributed by atoms with Gasteiger partial charge >= 0.3 is 5.97 Å².